The molecule has 0 aromatic rings. The van der Waals surface area contributed by atoms with Gasteiger partial charge >= 0.3 is 6.16 Å². The SMILES string of the molecule is O=C(O)O.[AlH3].[Cu]. The average molecular weight is 156 g/mol. The second-order valence-electron chi connectivity index (χ2n) is 0.283. The smallest absolute Gasteiger partial charge is 0.450 e. The van der Waals surface area contributed by atoms with Crippen LogP contribution in [0.15, 0.2) is 0 Å². The third-order valence-electron chi connectivity index (χ3n) is 0. The van der Waals surface area contributed by atoms with Gasteiger partial charge in [-0.25, -0.2) is 4.79 Å². The molecule has 0 saturated heterocycles. The fourth-order valence-corrected chi connectivity index (χ4v) is 0. The van der Waals surface area contributed by atoms with Gasteiger partial charge in [0.05, 0.1) is 0 Å². The minimum absolute atomic E-state index is 0. The molecule has 0 rings (SSSR count). The van der Waals surface area contributed by atoms with Crippen molar-refractivity contribution in [1.29, 1.82) is 0 Å². The van der Waals surface area contributed by atoms with E-state index in [9.17, 15) is 0 Å². The van der Waals surface area contributed by atoms with Gasteiger partial charge in [0.15, 0.2) is 17.4 Å². The molecule has 5 heteroatoms. The van der Waals surface area contributed by atoms with E-state index in [1.165, 1.54) is 0 Å². The van der Waals surface area contributed by atoms with Crippen molar-refractivity contribution >= 4 is 23.5 Å². The van der Waals surface area contributed by atoms with Crippen molar-refractivity contribution in [1.82, 2.24) is 0 Å². The minimum atomic E-state index is -1.83. The van der Waals surface area contributed by atoms with Crippen LogP contribution >= 0.6 is 0 Å². The molecular weight excluding hydrogens is 151 g/mol. The van der Waals surface area contributed by atoms with Gasteiger partial charge in [-0.05, 0) is 0 Å². The van der Waals surface area contributed by atoms with E-state index >= 15 is 0 Å². The molecule has 0 saturated carbocycles. The van der Waals surface area contributed by atoms with Crippen LogP contribution in [0.1, 0.15) is 0 Å². The van der Waals surface area contributed by atoms with Gasteiger partial charge in [-0.2, -0.15) is 0 Å². The van der Waals surface area contributed by atoms with Crippen LogP contribution in [0.2, 0.25) is 0 Å². The van der Waals surface area contributed by atoms with Gasteiger partial charge in [0, 0.05) is 17.1 Å². The first-order valence-electron chi connectivity index (χ1n) is 0.651. The molecule has 41 valence electrons. The fourth-order valence-electron chi connectivity index (χ4n) is 0. The molecular formula is CH5AlCuO3. The van der Waals surface area contributed by atoms with E-state index in [4.69, 9.17) is 15.0 Å². The maximum atomic E-state index is 8.56. The summed E-state index contributed by atoms with van der Waals surface area (Å²) in [6.45, 7) is 0. The van der Waals surface area contributed by atoms with Crippen molar-refractivity contribution in [3.63, 3.8) is 0 Å². The van der Waals surface area contributed by atoms with E-state index in [1.54, 1.807) is 0 Å². The third kappa shape index (κ3) is 460. The van der Waals surface area contributed by atoms with Gasteiger partial charge in [-0.15, -0.1) is 0 Å². The maximum Gasteiger partial charge on any atom is 0.503 e. The van der Waals surface area contributed by atoms with Crippen LogP contribution in [0.5, 0.6) is 0 Å². The zero-order valence-electron chi connectivity index (χ0n) is 2.10. The molecule has 1 radical (unpaired) electrons. The largest absolute Gasteiger partial charge is 0.503 e. The first-order valence-corrected chi connectivity index (χ1v) is 0.651. The van der Waals surface area contributed by atoms with Crippen LogP contribution in [0.4, 0.5) is 4.79 Å². The number of carbonyl (C=O) groups is 1. The predicted octanol–water partition coefficient (Wildman–Crippen LogP) is -0.964. The summed E-state index contributed by atoms with van der Waals surface area (Å²) in [4.78, 5) is 8.56. The molecule has 0 aromatic carbocycles. The van der Waals surface area contributed by atoms with Crippen molar-refractivity contribution in [2.75, 3.05) is 0 Å². The van der Waals surface area contributed by atoms with Crippen molar-refractivity contribution in [3.05, 3.63) is 0 Å². The second kappa shape index (κ2) is 9.01. The Bertz CT molecular complexity index is 33.8. The summed E-state index contributed by atoms with van der Waals surface area (Å²) < 4.78 is 0. The van der Waals surface area contributed by atoms with Gasteiger partial charge in [0.2, 0.25) is 0 Å². The van der Waals surface area contributed by atoms with E-state index in [-0.39, 0.29) is 34.4 Å². The Kier molecular flexibility index (Phi) is 24.4. The van der Waals surface area contributed by atoms with Crippen LogP contribution in [-0.2, 0) is 17.1 Å². The fraction of sp³-hybridized carbons (Fsp3) is 0. The maximum absolute atomic E-state index is 8.56. The Hall–Kier alpha value is 0.322. The first kappa shape index (κ1) is 16.2. The third-order valence-corrected chi connectivity index (χ3v) is 0. The summed E-state index contributed by atoms with van der Waals surface area (Å²) in [5.41, 5.74) is 0. The van der Waals surface area contributed by atoms with Crippen molar-refractivity contribution in [2.24, 2.45) is 0 Å². The van der Waals surface area contributed by atoms with Crippen LogP contribution in [-0.4, -0.2) is 33.7 Å². The number of rotatable bonds is 0. The molecule has 6 heavy (non-hydrogen) atoms. The van der Waals surface area contributed by atoms with Crippen LogP contribution in [0.3, 0.4) is 0 Å². The van der Waals surface area contributed by atoms with Gasteiger partial charge in [0.1, 0.15) is 0 Å². The Morgan fingerprint density at radius 1 is 1.33 bits per heavy atom. The molecule has 0 bridgehead atoms. The summed E-state index contributed by atoms with van der Waals surface area (Å²) in [7, 11) is 0. The number of hydrogen-bond donors (Lipinski definition) is 2. The van der Waals surface area contributed by atoms with E-state index in [0.29, 0.717) is 0 Å². The minimum Gasteiger partial charge on any atom is -0.450 e. The Morgan fingerprint density at radius 3 is 1.33 bits per heavy atom. The molecule has 0 aromatic heterocycles. The topological polar surface area (TPSA) is 57.5 Å². The molecule has 3 nitrogen and oxygen atoms in total. The normalized spacial score (nSPS) is 4.00. The molecule has 0 heterocycles. The van der Waals surface area contributed by atoms with E-state index < -0.39 is 6.16 Å². The van der Waals surface area contributed by atoms with Gasteiger partial charge in [-0.3, -0.25) is 0 Å². The monoisotopic (exact) mass is 155 g/mol. The molecule has 0 amide bonds. The van der Waals surface area contributed by atoms with Crippen molar-refractivity contribution in [3.8, 4) is 0 Å². The molecule has 2 N–H and O–H groups in total. The molecule has 0 atom stereocenters. The summed E-state index contributed by atoms with van der Waals surface area (Å²) >= 11 is 0. The second-order valence-corrected chi connectivity index (χ2v) is 0.283. The summed E-state index contributed by atoms with van der Waals surface area (Å²) in [6.07, 6.45) is -1.83. The zero-order valence-corrected chi connectivity index (χ0v) is 3.05. The van der Waals surface area contributed by atoms with Gasteiger partial charge in [0.25, 0.3) is 0 Å². The average Bonchev–Trinajstić information content (AvgIpc) is 0.811. The summed E-state index contributed by atoms with van der Waals surface area (Å²) in [5.74, 6) is 0. The standard InChI is InChI=1S/CH2O3.Al.Cu.3H/c2-1(3)4;;;;;/h(H2,2,3,4);;;;;. The van der Waals surface area contributed by atoms with Gasteiger partial charge in [-0.1, -0.05) is 0 Å². The first-order chi connectivity index (χ1) is 1.73. The number of hydrogen-bond acceptors (Lipinski definition) is 1. The predicted molar refractivity (Wildman–Crippen MR) is 20.6 cm³/mol. The molecule has 0 aliphatic rings. The van der Waals surface area contributed by atoms with E-state index in [2.05, 4.69) is 0 Å². The van der Waals surface area contributed by atoms with E-state index in [0.717, 1.165) is 0 Å². The summed E-state index contributed by atoms with van der Waals surface area (Å²) in [5, 5.41) is 13.9. The molecule has 0 aliphatic heterocycles. The Balaban J connectivity index is -0.0000000450. The summed E-state index contributed by atoms with van der Waals surface area (Å²) in [6, 6.07) is 0. The van der Waals surface area contributed by atoms with Crippen LogP contribution in [0, 0.1) is 0 Å². The molecule has 0 unspecified atom stereocenters. The zero-order chi connectivity index (χ0) is 3.58. The van der Waals surface area contributed by atoms with E-state index in [1.807, 2.05) is 0 Å². The van der Waals surface area contributed by atoms with Gasteiger partial charge < -0.3 is 10.2 Å². The molecule has 0 spiro atoms. The number of carboxylic acid groups (broad SMARTS) is 2. The molecule has 0 aliphatic carbocycles. The van der Waals surface area contributed by atoms with Crippen molar-refractivity contribution in [2.45, 2.75) is 0 Å². The quantitative estimate of drug-likeness (QED) is 0.443. The van der Waals surface area contributed by atoms with Crippen molar-refractivity contribution < 1.29 is 32.1 Å². The Labute approximate surface area is 56.0 Å². The van der Waals surface area contributed by atoms with Crippen LogP contribution < -0.4 is 0 Å². The molecule has 0 fully saturated rings. The van der Waals surface area contributed by atoms with Crippen LogP contribution in [0.25, 0.3) is 0 Å². The Morgan fingerprint density at radius 2 is 1.33 bits per heavy atom.